The van der Waals surface area contributed by atoms with Crippen molar-refractivity contribution >= 4 is 42.6 Å². The smallest absolute Gasteiger partial charge is 0.407 e. The summed E-state index contributed by atoms with van der Waals surface area (Å²) in [6, 6.07) is 3.38. The summed E-state index contributed by atoms with van der Waals surface area (Å²) in [7, 11) is -1.12. The number of ether oxygens (including phenoxy) is 2. The van der Waals surface area contributed by atoms with Gasteiger partial charge in [0.25, 0.3) is 0 Å². The lowest BCUT2D eigenvalue weighted by Gasteiger charge is -2.37. The van der Waals surface area contributed by atoms with Gasteiger partial charge in [0.1, 0.15) is 23.8 Å². The summed E-state index contributed by atoms with van der Waals surface area (Å²) in [4.78, 5) is 20.7. The van der Waals surface area contributed by atoms with Crippen molar-refractivity contribution in [2.24, 2.45) is 0 Å². The number of hydrogen-bond acceptors (Lipinski definition) is 6. The van der Waals surface area contributed by atoms with E-state index in [2.05, 4.69) is 40.2 Å². The van der Waals surface area contributed by atoms with Crippen molar-refractivity contribution in [1.29, 1.82) is 0 Å². The molecule has 0 radical (unpaired) electrons. The Morgan fingerprint density at radius 3 is 2.61 bits per heavy atom. The van der Waals surface area contributed by atoms with Crippen LogP contribution in [0, 0.1) is 0 Å². The maximum absolute atomic E-state index is 11.9. The first-order chi connectivity index (χ1) is 14.4. The van der Waals surface area contributed by atoms with E-state index in [1.165, 1.54) is 0 Å². The fraction of sp³-hybridized carbons (Fsp3) is 0.667. The second kappa shape index (κ2) is 9.34. The van der Waals surface area contributed by atoms with Crippen LogP contribution < -0.4 is 10.6 Å². The van der Waals surface area contributed by atoms with Crippen molar-refractivity contribution in [3.05, 3.63) is 17.5 Å². The van der Waals surface area contributed by atoms with Gasteiger partial charge in [0.2, 0.25) is 5.28 Å². The molecule has 0 aliphatic heterocycles. The second-order valence-corrected chi connectivity index (χ2v) is 16.3. The van der Waals surface area contributed by atoms with Gasteiger partial charge in [-0.1, -0.05) is 19.6 Å². The Labute approximate surface area is 190 Å². The van der Waals surface area contributed by atoms with Crippen LogP contribution in [-0.4, -0.2) is 53.0 Å². The Hall–Kier alpha value is -1.84. The highest BCUT2D eigenvalue weighted by Crippen LogP contribution is 2.29. The molecule has 31 heavy (non-hydrogen) atoms. The van der Waals surface area contributed by atoms with E-state index < -0.39 is 13.7 Å². The van der Waals surface area contributed by atoms with Gasteiger partial charge >= 0.3 is 6.09 Å². The molecular weight excluding hydrogens is 434 g/mol. The molecule has 2 N–H and O–H groups in total. The van der Waals surface area contributed by atoms with Crippen LogP contribution in [0.3, 0.4) is 0 Å². The zero-order valence-electron chi connectivity index (χ0n) is 19.3. The maximum Gasteiger partial charge on any atom is 0.407 e. The molecule has 2 aromatic heterocycles. The predicted molar refractivity (Wildman–Crippen MR) is 126 cm³/mol. The molecular formula is C21H34ClN5O3Si. The number of aromatic nitrogens is 3. The van der Waals surface area contributed by atoms with E-state index in [-0.39, 0.29) is 23.5 Å². The van der Waals surface area contributed by atoms with Crippen LogP contribution in [0.2, 0.25) is 31.0 Å². The SMILES string of the molecule is CC(C)(C)OC(=O)N[C@H]1C[C@H](Nc2nc(Cl)nc3c2ccn3COCC[Si](C)(C)C)C1. The first-order valence-corrected chi connectivity index (χ1v) is 14.8. The van der Waals surface area contributed by atoms with Crippen LogP contribution in [-0.2, 0) is 16.2 Å². The summed E-state index contributed by atoms with van der Waals surface area (Å²) in [5.74, 6) is 0.705. The predicted octanol–water partition coefficient (Wildman–Crippen LogP) is 4.86. The summed E-state index contributed by atoms with van der Waals surface area (Å²) in [6.07, 6.45) is 3.16. The van der Waals surface area contributed by atoms with Crippen molar-refractivity contribution in [3.63, 3.8) is 0 Å². The average molecular weight is 468 g/mol. The van der Waals surface area contributed by atoms with Gasteiger partial charge in [0.05, 0.1) is 5.39 Å². The monoisotopic (exact) mass is 467 g/mol. The van der Waals surface area contributed by atoms with Gasteiger partial charge in [-0.25, -0.2) is 9.78 Å². The Morgan fingerprint density at radius 1 is 1.26 bits per heavy atom. The molecule has 1 aliphatic rings. The third-order valence-electron chi connectivity index (χ3n) is 5.02. The molecule has 1 amide bonds. The first kappa shape index (κ1) is 23.8. The Kier molecular flexibility index (Phi) is 7.17. The molecule has 0 atom stereocenters. The standard InChI is InChI=1S/C21H34ClN5O3Si/c1-21(2,3)30-20(28)24-15-11-14(12-15)23-17-16-7-8-27(18(16)26-19(22)25-17)13-29-9-10-31(4,5)6/h7-8,14-15H,9-13H2,1-6H3,(H,24,28)(H,23,25,26)/t14-,15-. The lowest BCUT2D eigenvalue weighted by molar-refractivity contribution is 0.0475. The zero-order chi connectivity index (χ0) is 22.8. The van der Waals surface area contributed by atoms with Crippen molar-refractivity contribution in [2.45, 2.75) is 83.7 Å². The summed E-state index contributed by atoms with van der Waals surface area (Å²) < 4.78 is 13.1. The molecule has 0 aromatic carbocycles. The molecule has 0 bridgehead atoms. The maximum atomic E-state index is 11.9. The van der Waals surface area contributed by atoms with E-state index >= 15 is 0 Å². The molecule has 1 fully saturated rings. The van der Waals surface area contributed by atoms with E-state index in [1.54, 1.807) is 0 Å². The van der Waals surface area contributed by atoms with Crippen molar-refractivity contribution < 1.29 is 14.3 Å². The fourth-order valence-electron chi connectivity index (χ4n) is 3.32. The van der Waals surface area contributed by atoms with Gasteiger partial charge in [-0.2, -0.15) is 4.98 Å². The highest BCUT2D eigenvalue weighted by molar-refractivity contribution is 6.76. The minimum atomic E-state index is -1.12. The van der Waals surface area contributed by atoms with Crippen molar-refractivity contribution in [2.75, 3.05) is 11.9 Å². The highest BCUT2D eigenvalue weighted by atomic mass is 35.5. The molecule has 0 spiro atoms. The Morgan fingerprint density at radius 2 is 1.97 bits per heavy atom. The number of rotatable bonds is 8. The summed E-state index contributed by atoms with van der Waals surface area (Å²) in [5.41, 5.74) is 0.249. The Bertz CT molecular complexity index is 916. The quantitative estimate of drug-likeness (QED) is 0.327. The molecule has 3 rings (SSSR count). The highest BCUT2D eigenvalue weighted by Gasteiger charge is 2.32. The fourth-order valence-corrected chi connectivity index (χ4v) is 4.24. The van der Waals surface area contributed by atoms with E-state index in [0.717, 1.165) is 36.5 Å². The number of hydrogen-bond donors (Lipinski definition) is 2. The van der Waals surface area contributed by atoms with E-state index in [9.17, 15) is 4.79 Å². The third-order valence-corrected chi connectivity index (χ3v) is 6.89. The molecule has 0 unspecified atom stereocenters. The van der Waals surface area contributed by atoms with Crippen molar-refractivity contribution in [1.82, 2.24) is 19.9 Å². The molecule has 10 heteroatoms. The zero-order valence-corrected chi connectivity index (χ0v) is 21.0. The third kappa shape index (κ3) is 7.08. The van der Waals surface area contributed by atoms with E-state index in [1.807, 2.05) is 37.6 Å². The molecule has 8 nitrogen and oxygen atoms in total. The number of alkyl carbamates (subject to hydrolysis) is 1. The topological polar surface area (TPSA) is 90.3 Å². The molecule has 172 valence electrons. The second-order valence-electron chi connectivity index (χ2n) is 10.4. The molecule has 2 heterocycles. The minimum Gasteiger partial charge on any atom is -0.444 e. The van der Waals surface area contributed by atoms with Crippen LogP contribution in [0.25, 0.3) is 11.0 Å². The average Bonchev–Trinajstić information content (AvgIpc) is 2.97. The van der Waals surface area contributed by atoms with Gasteiger partial charge in [0.15, 0.2) is 0 Å². The number of fused-ring (bicyclic) bond motifs is 1. The van der Waals surface area contributed by atoms with Crippen LogP contribution in [0.5, 0.6) is 0 Å². The molecule has 2 aromatic rings. The van der Waals surface area contributed by atoms with Gasteiger partial charge in [-0.3, -0.25) is 0 Å². The number of amides is 1. The van der Waals surface area contributed by atoms with Crippen molar-refractivity contribution in [3.8, 4) is 0 Å². The lowest BCUT2D eigenvalue weighted by Crippen LogP contribution is -2.50. The summed E-state index contributed by atoms with van der Waals surface area (Å²) in [5, 5.41) is 7.44. The first-order valence-electron chi connectivity index (χ1n) is 10.8. The number of nitrogens with one attached hydrogen (secondary N) is 2. The molecule has 1 saturated carbocycles. The van der Waals surface area contributed by atoms with Gasteiger partial charge in [-0.15, -0.1) is 0 Å². The lowest BCUT2D eigenvalue weighted by atomic mass is 9.87. The number of halogens is 1. The largest absolute Gasteiger partial charge is 0.444 e. The van der Waals surface area contributed by atoms with Gasteiger partial charge in [-0.05, 0) is 57.3 Å². The molecule has 0 saturated heterocycles. The Balaban J connectivity index is 1.56. The van der Waals surface area contributed by atoms with E-state index in [0.29, 0.717) is 12.5 Å². The van der Waals surface area contributed by atoms with Crippen LogP contribution in [0.15, 0.2) is 12.3 Å². The summed E-state index contributed by atoms with van der Waals surface area (Å²) in [6.45, 7) is 13.7. The number of carbonyl (C=O) groups excluding carboxylic acids is 1. The van der Waals surface area contributed by atoms with Crippen LogP contribution in [0.1, 0.15) is 33.6 Å². The van der Waals surface area contributed by atoms with Gasteiger partial charge in [0, 0.05) is 33.0 Å². The van der Waals surface area contributed by atoms with Crippen LogP contribution >= 0.6 is 11.6 Å². The van der Waals surface area contributed by atoms with Gasteiger partial charge < -0.3 is 24.7 Å². The number of nitrogens with zero attached hydrogens (tertiary/aromatic N) is 3. The minimum absolute atomic E-state index is 0.0875. The number of carbonyl (C=O) groups is 1. The van der Waals surface area contributed by atoms with E-state index in [4.69, 9.17) is 21.1 Å². The normalized spacial score (nSPS) is 19.2. The molecule has 1 aliphatic carbocycles. The summed E-state index contributed by atoms with van der Waals surface area (Å²) >= 11 is 6.19. The van der Waals surface area contributed by atoms with Crippen LogP contribution in [0.4, 0.5) is 10.6 Å². The number of anilines is 1.